The fourth-order valence-electron chi connectivity index (χ4n) is 2.87. The first kappa shape index (κ1) is 11.4. The van der Waals surface area contributed by atoms with Crippen LogP contribution in [0.25, 0.3) is 0 Å². The van der Waals surface area contributed by atoms with Gasteiger partial charge in [0.15, 0.2) is 0 Å². The molecule has 0 aromatic heterocycles. The van der Waals surface area contributed by atoms with Crippen LogP contribution < -0.4 is 0 Å². The zero-order valence-corrected chi connectivity index (χ0v) is 9.52. The average molecular weight is 225 g/mol. The molecular formula is C12H19NO3. The molecule has 1 saturated heterocycles. The SMILES string of the molecule is O=C(O)[C@H]1CCC(=O)N1CC1CCCCC1. The van der Waals surface area contributed by atoms with Gasteiger partial charge in [-0.1, -0.05) is 19.3 Å². The van der Waals surface area contributed by atoms with Crippen LogP contribution in [-0.2, 0) is 9.59 Å². The van der Waals surface area contributed by atoms with Crippen molar-refractivity contribution < 1.29 is 14.7 Å². The van der Waals surface area contributed by atoms with Gasteiger partial charge in [0.2, 0.25) is 5.91 Å². The second kappa shape index (κ2) is 4.85. The predicted octanol–water partition coefficient (Wildman–Crippen LogP) is 1.64. The summed E-state index contributed by atoms with van der Waals surface area (Å²) in [4.78, 5) is 24.2. The summed E-state index contributed by atoms with van der Waals surface area (Å²) in [7, 11) is 0. The van der Waals surface area contributed by atoms with Gasteiger partial charge in [-0.05, 0) is 25.2 Å². The Morgan fingerprint density at radius 1 is 1.25 bits per heavy atom. The first-order chi connectivity index (χ1) is 7.68. The van der Waals surface area contributed by atoms with E-state index in [1.54, 1.807) is 4.90 Å². The third kappa shape index (κ3) is 2.36. The normalized spacial score (nSPS) is 27.4. The second-order valence-electron chi connectivity index (χ2n) is 4.94. The minimum absolute atomic E-state index is 0.0259. The highest BCUT2D eigenvalue weighted by molar-refractivity contribution is 5.87. The minimum Gasteiger partial charge on any atom is -0.480 e. The van der Waals surface area contributed by atoms with E-state index in [2.05, 4.69) is 0 Å². The summed E-state index contributed by atoms with van der Waals surface area (Å²) in [5, 5.41) is 9.04. The van der Waals surface area contributed by atoms with Crippen molar-refractivity contribution in [1.82, 2.24) is 4.90 Å². The molecule has 0 aromatic rings. The van der Waals surface area contributed by atoms with Crippen LogP contribution in [0.4, 0.5) is 0 Å². The molecule has 1 heterocycles. The topological polar surface area (TPSA) is 57.6 Å². The maximum absolute atomic E-state index is 11.6. The molecule has 0 radical (unpaired) electrons. The van der Waals surface area contributed by atoms with E-state index < -0.39 is 12.0 Å². The van der Waals surface area contributed by atoms with Gasteiger partial charge in [-0.2, -0.15) is 0 Å². The number of amides is 1. The molecule has 1 saturated carbocycles. The number of aliphatic carboxylic acids is 1. The van der Waals surface area contributed by atoms with Crippen LogP contribution in [-0.4, -0.2) is 34.5 Å². The van der Waals surface area contributed by atoms with Crippen LogP contribution in [0.1, 0.15) is 44.9 Å². The molecule has 0 spiro atoms. The molecule has 1 N–H and O–H groups in total. The molecule has 1 atom stereocenters. The lowest BCUT2D eigenvalue weighted by Crippen LogP contribution is -2.41. The number of carbonyl (C=O) groups excluding carboxylic acids is 1. The molecule has 90 valence electrons. The average Bonchev–Trinajstić information content (AvgIpc) is 2.62. The zero-order chi connectivity index (χ0) is 11.5. The van der Waals surface area contributed by atoms with E-state index >= 15 is 0 Å². The second-order valence-corrected chi connectivity index (χ2v) is 4.94. The summed E-state index contributed by atoms with van der Waals surface area (Å²) in [6.45, 7) is 0.663. The van der Waals surface area contributed by atoms with Gasteiger partial charge in [0.25, 0.3) is 0 Å². The standard InChI is InChI=1S/C12H19NO3/c14-11-7-6-10(12(15)16)13(11)8-9-4-2-1-3-5-9/h9-10H,1-8H2,(H,15,16)/t10-/m1/s1. The predicted molar refractivity (Wildman–Crippen MR) is 58.9 cm³/mol. The molecule has 2 rings (SSSR count). The van der Waals surface area contributed by atoms with Crippen molar-refractivity contribution >= 4 is 11.9 Å². The summed E-state index contributed by atoms with van der Waals surface area (Å²) < 4.78 is 0. The van der Waals surface area contributed by atoms with E-state index in [9.17, 15) is 9.59 Å². The zero-order valence-electron chi connectivity index (χ0n) is 9.52. The minimum atomic E-state index is -0.846. The lowest BCUT2D eigenvalue weighted by molar-refractivity contribution is -0.146. The van der Waals surface area contributed by atoms with Crippen LogP contribution in [0.5, 0.6) is 0 Å². The van der Waals surface area contributed by atoms with Crippen LogP contribution >= 0.6 is 0 Å². The Balaban J connectivity index is 1.95. The first-order valence-electron chi connectivity index (χ1n) is 6.21. The van der Waals surface area contributed by atoms with E-state index in [1.165, 1.54) is 19.3 Å². The number of hydrogen-bond donors (Lipinski definition) is 1. The molecule has 0 unspecified atom stereocenters. The maximum Gasteiger partial charge on any atom is 0.326 e. The molecule has 1 aliphatic carbocycles. The van der Waals surface area contributed by atoms with Gasteiger partial charge in [-0.15, -0.1) is 0 Å². The number of likely N-dealkylation sites (tertiary alicyclic amines) is 1. The number of nitrogens with zero attached hydrogens (tertiary/aromatic N) is 1. The number of carboxylic acids is 1. The lowest BCUT2D eigenvalue weighted by Gasteiger charge is -2.29. The highest BCUT2D eigenvalue weighted by Crippen LogP contribution is 2.28. The highest BCUT2D eigenvalue weighted by atomic mass is 16.4. The van der Waals surface area contributed by atoms with E-state index in [-0.39, 0.29) is 5.91 Å². The van der Waals surface area contributed by atoms with Gasteiger partial charge < -0.3 is 10.0 Å². The number of carboxylic acid groups (broad SMARTS) is 1. The van der Waals surface area contributed by atoms with Crippen LogP contribution in [0, 0.1) is 5.92 Å². The Bertz CT molecular complexity index is 284. The van der Waals surface area contributed by atoms with Crippen molar-refractivity contribution in [2.75, 3.05) is 6.54 Å². The number of hydrogen-bond acceptors (Lipinski definition) is 2. The molecular weight excluding hydrogens is 206 g/mol. The van der Waals surface area contributed by atoms with Crippen molar-refractivity contribution in [3.8, 4) is 0 Å². The largest absolute Gasteiger partial charge is 0.480 e. The third-order valence-electron chi connectivity index (χ3n) is 3.79. The number of carbonyl (C=O) groups is 2. The van der Waals surface area contributed by atoms with Crippen molar-refractivity contribution in [3.63, 3.8) is 0 Å². The van der Waals surface area contributed by atoms with Crippen LogP contribution in [0.3, 0.4) is 0 Å². The third-order valence-corrected chi connectivity index (χ3v) is 3.79. The van der Waals surface area contributed by atoms with E-state index in [0.717, 1.165) is 12.8 Å². The molecule has 4 heteroatoms. The van der Waals surface area contributed by atoms with Gasteiger partial charge in [-0.25, -0.2) is 4.79 Å². The Kier molecular flexibility index (Phi) is 3.46. The summed E-state index contributed by atoms with van der Waals surface area (Å²) in [5.74, 6) is -0.294. The number of rotatable bonds is 3. The summed E-state index contributed by atoms with van der Waals surface area (Å²) >= 11 is 0. The quantitative estimate of drug-likeness (QED) is 0.794. The van der Waals surface area contributed by atoms with E-state index in [0.29, 0.717) is 25.3 Å². The molecule has 0 aromatic carbocycles. The monoisotopic (exact) mass is 225 g/mol. The van der Waals surface area contributed by atoms with Crippen molar-refractivity contribution in [2.24, 2.45) is 5.92 Å². The van der Waals surface area contributed by atoms with Crippen molar-refractivity contribution in [1.29, 1.82) is 0 Å². The Morgan fingerprint density at radius 2 is 1.94 bits per heavy atom. The molecule has 2 fully saturated rings. The lowest BCUT2D eigenvalue weighted by atomic mass is 9.89. The van der Waals surface area contributed by atoms with Gasteiger partial charge in [0, 0.05) is 13.0 Å². The van der Waals surface area contributed by atoms with Gasteiger partial charge >= 0.3 is 5.97 Å². The van der Waals surface area contributed by atoms with E-state index in [1.807, 2.05) is 0 Å². The van der Waals surface area contributed by atoms with Gasteiger partial charge in [0.05, 0.1) is 0 Å². The maximum atomic E-state index is 11.6. The molecule has 2 aliphatic rings. The smallest absolute Gasteiger partial charge is 0.326 e. The molecule has 0 bridgehead atoms. The first-order valence-corrected chi connectivity index (χ1v) is 6.21. The summed E-state index contributed by atoms with van der Waals surface area (Å²) in [6, 6.07) is -0.561. The molecule has 1 aliphatic heterocycles. The molecule has 4 nitrogen and oxygen atoms in total. The Hall–Kier alpha value is -1.06. The van der Waals surface area contributed by atoms with E-state index in [4.69, 9.17) is 5.11 Å². The van der Waals surface area contributed by atoms with Crippen LogP contribution in [0.15, 0.2) is 0 Å². The van der Waals surface area contributed by atoms with Crippen molar-refractivity contribution in [2.45, 2.75) is 51.0 Å². The summed E-state index contributed by atoms with van der Waals surface area (Å²) in [5.41, 5.74) is 0. The fourth-order valence-corrected chi connectivity index (χ4v) is 2.87. The van der Waals surface area contributed by atoms with Crippen molar-refractivity contribution in [3.05, 3.63) is 0 Å². The highest BCUT2D eigenvalue weighted by Gasteiger charge is 2.37. The Labute approximate surface area is 95.6 Å². The van der Waals surface area contributed by atoms with Gasteiger partial charge in [0.1, 0.15) is 6.04 Å². The Morgan fingerprint density at radius 3 is 2.56 bits per heavy atom. The molecule has 1 amide bonds. The van der Waals surface area contributed by atoms with Crippen LogP contribution in [0.2, 0.25) is 0 Å². The summed E-state index contributed by atoms with van der Waals surface area (Å²) in [6.07, 6.45) is 6.93. The fraction of sp³-hybridized carbons (Fsp3) is 0.833. The van der Waals surface area contributed by atoms with Gasteiger partial charge in [-0.3, -0.25) is 4.79 Å². The molecule has 16 heavy (non-hydrogen) atoms.